The number of hydrogen-bond acceptors (Lipinski definition) is 3. The van der Waals surface area contributed by atoms with Gasteiger partial charge in [-0.2, -0.15) is 0 Å². The zero-order valence-electron chi connectivity index (χ0n) is 9.77. The average Bonchev–Trinajstić information content (AvgIpc) is 2.98. The molecule has 3 N–H and O–H groups in total. The van der Waals surface area contributed by atoms with Crippen LogP contribution in [0.5, 0.6) is 11.5 Å². The second-order valence-corrected chi connectivity index (χ2v) is 4.80. The van der Waals surface area contributed by atoms with E-state index in [1.807, 2.05) is 6.92 Å². The topological polar surface area (TPSA) is 52.5 Å². The lowest BCUT2D eigenvalue weighted by molar-refractivity contribution is 0.427. The number of hydrogen-bond donors (Lipinski definition) is 3. The fraction of sp³-hybridized carbons (Fsp3) is 0.538. The molecule has 2 unspecified atom stereocenters. The molecule has 1 aliphatic rings. The molecule has 3 heteroatoms. The van der Waals surface area contributed by atoms with Gasteiger partial charge in [0.15, 0.2) is 0 Å². The van der Waals surface area contributed by atoms with Gasteiger partial charge in [-0.3, -0.25) is 0 Å². The molecular weight excluding hydrogens is 202 g/mol. The zero-order chi connectivity index (χ0) is 11.7. The maximum atomic E-state index is 9.41. The highest BCUT2D eigenvalue weighted by Crippen LogP contribution is 2.34. The Labute approximate surface area is 96.1 Å². The first-order valence-electron chi connectivity index (χ1n) is 5.85. The molecule has 3 nitrogen and oxygen atoms in total. The van der Waals surface area contributed by atoms with Gasteiger partial charge in [0.25, 0.3) is 0 Å². The van der Waals surface area contributed by atoms with Gasteiger partial charge in [0.05, 0.1) is 0 Å². The predicted octanol–water partition coefficient (Wildman–Crippen LogP) is 2.55. The van der Waals surface area contributed by atoms with Crippen LogP contribution in [0.25, 0.3) is 0 Å². The predicted molar refractivity (Wildman–Crippen MR) is 63.5 cm³/mol. The zero-order valence-corrected chi connectivity index (χ0v) is 9.77. The van der Waals surface area contributed by atoms with Crippen molar-refractivity contribution >= 4 is 0 Å². The summed E-state index contributed by atoms with van der Waals surface area (Å²) >= 11 is 0. The average molecular weight is 221 g/mol. The summed E-state index contributed by atoms with van der Waals surface area (Å²) in [5.74, 6) is 1.03. The molecule has 1 saturated carbocycles. The van der Waals surface area contributed by atoms with Gasteiger partial charge < -0.3 is 15.5 Å². The summed E-state index contributed by atoms with van der Waals surface area (Å²) in [5, 5.41) is 22.3. The lowest BCUT2D eigenvalue weighted by Crippen LogP contribution is -2.30. The summed E-state index contributed by atoms with van der Waals surface area (Å²) < 4.78 is 0. The summed E-state index contributed by atoms with van der Waals surface area (Å²) in [5.41, 5.74) is 0.921. The summed E-state index contributed by atoms with van der Waals surface area (Å²) in [4.78, 5) is 0. The third-order valence-electron chi connectivity index (χ3n) is 3.27. The number of aromatic hydroxyl groups is 2. The van der Waals surface area contributed by atoms with E-state index in [0.29, 0.717) is 6.04 Å². The van der Waals surface area contributed by atoms with E-state index in [2.05, 4.69) is 12.2 Å². The first-order valence-corrected chi connectivity index (χ1v) is 5.85. The number of rotatable bonds is 4. The molecule has 0 aliphatic heterocycles. The molecule has 1 aromatic carbocycles. The molecule has 0 aromatic heterocycles. The van der Waals surface area contributed by atoms with Crippen LogP contribution in [-0.2, 0) is 0 Å². The van der Waals surface area contributed by atoms with Crippen LogP contribution in [0.1, 0.15) is 38.3 Å². The highest BCUT2D eigenvalue weighted by Gasteiger charge is 2.28. The van der Waals surface area contributed by atoms with Gasteiger partial charge in [0.2, 0.25) is 0 Å². The van der Waals surface area contributed by atoms with E-state index in [9.17, 15) is 10.2 Å². The lowest BCUT2D eigenvalue weighted by Gasteiger charge is -2.20. The second-order valence-electron chi connectivity index (χ2n) is 4.80. The van der Waals surface area contributed by atoms with Gasteiger partial charge in [0.1, 0.15) is 11.5 Å². The van der Waals surface area contributed by atoms with Gasteiger partial charge >= 0.3 is 0 Å². The van der Waals surface area contributed by atoms with Crippen molar-refractivity contribution in [3.8, 4) is 11.5 Å². The van der Waals surface area contributed by atoms with Crippen molar-refractivity contribution in [1.29, 1.82) is 0 Å². The number of benzene rings is 1. The van der Waals surface area contributed by atoms with Crippen LogP contribution in [0.2, 0.25) is 0 Å². The Balaban J connectivity index is 2.04. The molecule has 0 amide bonds. The van der Waals surface area contributed by atoms with E-state index in [-0.39, 0.29) is 17.5 Å². The molecule has 0 bridgehead atoms. The van der Waals surface area contributed by atoms with Crippen LogP contribution in [0.3, 0.4) is 0 Å². The summed E-state index contributed by atoms with van der Waals surface area (Å²) in [6.45, 7) is 4.24. The largest absolute Gasteiger partial charge is 0.508 e. The molecule has 1 aliphatic carbocycles. The molecule has 88 valence electrons. The molecule has 0 spiro atoms. The first-order chi connectivity index (χ1) is 7.56. The molecule has 16 heavy (non-hydrogen) atoms. The standard InChI is InChI=1S/C13H19NO2/c1-8(10-3-4-10)14-9(2)11-5-12(15)7-13(16)6-11/h5-10,14-16H,3-4H2,1-2H3. The maximum Gasteiger partial charge on any atom is 0.119 e. The molecule has 2 rings (SSSR count). The van der Waals surface area contributed by atoms with Gasteiger partial charge in [-0.1, -0.05) is 0 Å². The van der Waals surface area contributed by atoms with Gasteiger partial charge in [-0.15, -0.1) is 0 Å². The third-order valence-corrected chi connectivity index (χ3v) is 3.27. The molecule has 0 radical (unpaired) electrons. The van der Waals surface area contributed by atoms with Crippen molar-refractivity contribution in [2.45, 2.75) is 38.8 Å². The fourth-order valence-electron chi connectivity index (χ4n) is 2.09. The highest BCUT2D eigenvalue weighted by molar-refractivity contribution is 5.37. The molecular formula is C13H19NO2. The van der Waals surface area contributed by atoms with E-state index in [0.717, 1.165) is 11.5 Å². The van der Waals surface area contributed by atoms with Gasteiger partial charge in [0, 0.05) is 18.2 Å². The number of nitrogens with one attached hydrogen (secondary N) is 1. The summed E-state index contributed by atoms with van der Waals surface area (Å²) in [6, 6.07) is 5.38. The Hall–Kier alpha value is -1.22. The normalized spacial score (nSPS) is 19.4. The van der Waals surface area contributed by atoms with Crippen molar-refractivity contribution in [3.05, 3.63) is 23.8 Å². The maximum absolute atomic E-state index is 9.41. The van der Waals surface area contributed by atoms with Crippen LogP contribution in [0.15, 0.2) is 18.2 Å². The minimum absolute atomic E-state index is 0.114. The SMILES string of the molecule is CC(NC(C)C1CC1)c1cc(O)cc(O)c1. The Morgan fingerprint density at radius 1 is 1.12 bits per heavy atom. The molecule has 0 heterocycles. The first kappa shape index (κ1) is 11.3. The monoisotopic (exact) mass is 221 g/mol. The third kappa shape index (κ3) is 2.67. The van der Waals surface area contributed by atoms with Gasteiger partial charge in [-0.25, -0.2) is 0 Å². The van der Waals surface area contributed by atoms with E-state index in [4.69, 9.17) is 0 Å². The number of phenols is 2. The minimum Gasteiger partial charge on any atom is -0.508 e. The number of phenolic OH excluding ortho intramolecular Hbond substituents is 2. The Kier molecular flexibility index (Phi) is 3.06. The lowest BCUT2D eigenvalue weighted by atomic mass is 10.1. The summed E-state index contributed by atoms with van der Waals surface area (Å²) in [6.07, 6.45) is 2.62. The molecule has 0 saturated heterocycles. The van der Waals surface area contributed by atoms with Crippen LogP contribution >= 0.6 is 0 Å². The fourth-order valence-corrected chi connectivity index (χ4v) is 2.09. The van der Waals surface area contributed by atoms with E-state index in [1.54, 1.807) is 12.1 Å². The minimum atomic E-state index is 0.114. The van der Waals surface area contributed by atoms with Crippen LogP contribution < -0.4 is 5.32 Å². The van der Waals surface area contributed by atoms with Crippen molar-refractivity contribution in [1.82, 2.24) is 5.32 Å². The van der Waals surface area contributed by atoms with E-state index < -0.39 is 0 Å². The van der Waals surface area contributed by atoms with Crippen LogP contribution in [0, 0.1) is 5.92 Å². The Morgan fingerprint density at radius 3 is 2.19 bits per heavy atom. The summed E-state index contributed by atoms with van der Waals surface area (Å²) in [7, 11) is 0. The molecule has 2 atom stereocenters. The molecule has 1 aromatic rings. The van der Waals surface area contributed by atoms with Crippen LogP contribution in [-0.4, -0.2) is 16.3 Å². The van der Waals surface area contributed by atoms with Crippen molar-refractivity contribution in [2.24, 2.45) is 5.92 Å². The smallest absolute Gasteiger partial charge is 0.119 e. The van der Waals surface area contributed by atoms with Crippen molar-refractivity contribution in [2.75, 3.05) is 0 Å². The quantitative estimate of drug-likeness (QED) is 0.732. The van der Waals surface area contributed by atoms with E-state index in [1.165, 1.54) is 18.9 Å². The highest BCUT2D eigenvalue weighted by atomic mass is 16.3. The van der Waals surface area contributed by atoms with Crippen molar-refractivity contribution in [3.63, 3.8) is 0 Å². The molecule has 1 fully saturated rings. The van der Waals surface area contributed by atoms with Crippen LogP contribution in [0.4, 0.5) is 0 Å². The second kappa shape index (κ2) is 4.34. The Morgan fingerprint density at radius 2 is 1.69 bits per heavy atom. The Bertz CT molecular complexity index is 354. The van der Waals surface area contributed by atoms with E-state index >= 15 is 0 Å². The van der Waals surface area contributed by atoms with Gasteiger partial charge in [-0.05, 0) is 50.3 Å². The van der Waals surface area contributed by atoms with Crippen molar-refractivity contribution < 1.29 is 10.2 Å².